The van der Waals surface area contributed by atoms with E-state index in [0.29, 0.717) is 33.5 Å². The average molecular weight is 561 g/mol. The summed E-state index contributed by atoms with van der Waals surface area (Å²) in [7, 11) is 3.38. The number of hydrogen-bond acceptors (Lipinski definition) is 7. The van der Waals surface area contributed by atoms with E-state index in [4.69, 9.17) is 4.98 Å². The monoisotopic (exact) mass is 560 g/mol. The minimum Gasteiger partial charge on any atom is -0.351 e. The van der Waals surface area contributed by atoms with Gasteiger partial charge in [-0.2, -0.15) is 4.68 Å². The Bertz CT molecular complexity index is 1510. The number of para-hydroxylation sites is 1. The summed E-state index contributed by atoms with van der Waals surface area (Å²) in [6.07, 6.45) is 4.59. The third-order valence-electron chi connectivity index (χ3n) is 6.29. The first-order valence-corrected chi connectivity index (χ1v) is 14.0. The van der Waals surface area contributed by atoms with Gasteiger partial charge in [-0.3, -0.25) is 19.2 Å². The lowest BCUT2D eigenvalue weighted by molar-refractivity contribution is -0.116. The van der Waals surface area contributed by atoms with Crippen molar-refractivity contribution in [3.63, 3.8) is 0 Å². The number of Topliss-reactive ketones (excluding diaryl/α,β-unsaturated/α-hetero) is 1. The van der Waals surface area contributed by atoms with Gasteiger partial charge in [0.1, 0.15) is 5.56 Å². The van der Waals surface area contributed by atoms with Crippen LogP contribution in [0.3, 0.4) is 0 Å². The molecule has 3 aliphatic heterocycles. The van der Waals surface area contributed by atoms with Gasteiger partial charge in [0.2, 0.25) is 12.3 Å². The van der Waals surface area contributed by atoms with Crippen LogP contribution >= 0.6 is 11.8 Å². The Labute approximate surface area is 236 Å². The molecule has 0 spiro atoms. The quantitative estimate of drug-likeness (QED) is 0.158. The molecule has 0 atom stereocenters. The maximum atomic E-state index is 13.3. The van der Waals surface area contributed by atoms with Crippen LogP contribution in [0.25, 0.3) is 17.1 Å². The summed E-state index contributed by atoms with van der Waals surface area (Å²) in [6.45, 7) is 2.26. The van der Waals surface area contributed by atoms with Gasteiger partial charge in [-0.05, 0) is 62.6 Å². The summed E-state index contributed by atoms with van der Waals surface area (Å²) in [5, 5.41) is 8.09. The highest BCUT2D eigenvalue weighted by molar-refractivity contribution is 7.99. The van der Waals surface area contributed by atoms with E-state index < -0.39 is 0 Å². The zero-order valence-electron chi connectivity index (χ0n) is 22.8. The smallest absolute Gasteiger partial charge is 0.284 e. The number of hydrogen-bond donors (Lipinski definition) is 1. The van der Waals surface area contributed by atoms with Crippen molar-refractivity contribution in [1.29, 1.82) is 0 Å². The van der Waals surface area contributed by atoms with Gasteiger partial charge in [-0.15, -0.1) is 5.10 Å². The number of nitrogens with one attached hydrogen (secondary N) is 1. The third kappa shape index (κ3) is 6.84. The summed E-state index contributed by atoms with van der Waals surface area (Å²) < 4.78 is 3.50. The standard InChI is InChI=1S/C26H25N5O3S.C3H7NO/c1-17(32)18-11-13-19(14-12-18)27-22(33)16-35-26-28-24-23(21-10-6-3-7-15-30(21)26)25(34)31(29-24)20-8-4-2-5-9-20;1-4(2)3-5/h2,4-5,8-9,11-14H,3,6-7,10,15-16H2,1H3,(H,27,33);3H,1-2H3. The van der Waals surface area contributed by atoms with E-state index in [2.05, 4.69) is 15.0 Å². The molecule has 3 heterocycles. The zero-order valence-corrected chi connectivity index (χ0v) is 23.6. The first-order chi connectivity index (χ1) is 19.3. The van der Waals surface area contributed by atoms with Crippen LogP contribution in [-0.4, -0.2) is 62.2 Å². The van der Waals surface area contributed by atoms with Crippen LogP contribution < -0.4 is 10.9 Å². The molecule has 0 saturated carbocycles. The van der Waals surface area contributed by atoms with Crippen LogP contribution in [0, 0.1) is 0 Å². The Hall–Kier alpha value is -4.25. The van der Waals surface area contributed by atoms with Crippen LogP contribution in [0.4, 0.5) is 5.69 Å². The summed E-state index contributed by atoms with van der Waals surface area (Å²) >= 11 is 1.34. The molecule has 2 aromatic carbocycles. The molecular formula is C29H32N6O4S. The maximum Gasteiger partial charge on any atom is 0.284 e. The second-order valence-electron chi connectivity index (χ2n) is 9.59. The second kappa shape index (κ2) is 13.2. The van der Waals surface area contributed by atoms with Gasteiger partial charge in [0, 0.05) is 37.6 Å². The zero-order chi connectivity index (χ0) is 28.6. The number of benzene rings is 2. The number of amides is 2. The van der Waals surface area contributed by atoms with Gasteiger partial charge in [0.25, 0.3) is 5.56 Å². The molecule has 5 rings (SSSR count). The molecule has 0 unspecified atom stereocenters. The Morgan fingerprint density at radius 2 is 1.75 bits per heavy atom. The number of ketones is 1. The number of anilines is 1. The van der Waals surface area contributed by atoms with E-state index in [1.165, 1.54) is 28.3 Å². The maximum absolute atomic E-state index is 13.3. The van der Waals surface area contributed by atoms with E-state index in [1.807, 2.05) is 30.3 Å². The van der Waals surface area contributed by atoms with Gasteiger partial charge in [0.05, 0.1) is 11.4 Å². The SMILES string of the molecule is CC(=O)c1ccc(NC(=O)CSc2nc3nn(-c4ccccc4)c(=O)c-3c3n2CCCCC3)cc1.CN(C)C=O. The normalized spacial score (nSPS) is 12.5. The number of thioether (sulfide) groups is 1. The molecule has 11 heteroatoms. The molecule has 0 radical (unpaired) electrons. The van der Waals surface area contributed by atoms with Gasteiger partial charge >= 0.3 is 0 Å². The second-order valence-corrected chi connectivity index (χ2v) is 10.5. The van der Waals surface area contributed by atoms with E-state index in [0.717, 1.165) is 44.3 Å². The van der Waals surface area contributed by atoms with Crippen molar-refractivity contribution in [2.75, 3.05) is 25.2 Å². The van der Waals surface area contributed by atoms with E-state index in [9.17, 15) is 19.2 Å². The summed E-state index contributed by atoms with van der Waals surface area (Å²) in [4.78, 5) is 53.0. The van der Waals surface area contributed by atoms with Crippen LogP contribution in [0.5, 0.6) is 0 Å². The highest BCUT2D eigenvalue weighted by Gasteiger charge is 2.27. The van der Waals surface area contributed by atoms with Crippen LogP contribution in [0.2, 0.25) is 0 Å². The molecular weight excluding hydrogens is 528 g/mol. The van der Waals surface area contributed by atoms with Crippen molar-refractivity contribution in [1.82, 2.24) is 24.2 Å². The molecule has 2 amide bonds. The minimum atomic E-state index is -0.172. The number of nitrogens with zero attached hydrogens (tertiary/aromatic N) is 5. The number of rotatable bonds is 7. The van der Waals surface area contributed by atoms with Crippen molar-refractivity contribution in [2.24, 2.45) is 0 Å². The first-order valence-electron chi connectivity index (χ1n) is 13.0. The lowest BCUT2D eigenvalue weighted by atomic mass is 10.1. The van der Waals surface area contributed by atoms with Crippen molar-refractivity contribution in [3.8, 4) is 17.1 Å². The number of aromatic nitrogens is 4. The fourth-order valence-electron chi connectivity index (χ4n) is 4.32. The van der Waals surface area contributed by atoms with E-state index >= 15 is 0 Å². The molecule has 1 N–H and O–H groups in total. The molecule has 208 valence electrons. The van der Waals surface area contributed by atoms with Crippen LogP contribution in [0.15, 0.2) is 64.5 Å². The highest BCUT2D eigenvalue weighted by atomic mass is 32.2. The Morgan fingerprint density at radius 1 is 1.05 bits per heavy atom. The van der Waals surface area contributed by atoms with Gasteiger partial charge in [-0.1, -0.05) is 36.4 Å². The van der Waals surface area contributed by atoms with Crippen molar-refractivity contribution in [3.05, 3.63) is 76.2 Å². The fourth-order valence-corrected chi connectivity index (χ4v) is 5.16. The van der Waals surface area contributed by atoms with Crippen molar-refractivity contribution < 1.29 is 14.4 Å². The molecule has 0 fully saturated rings. The van der Waals surface area contributed by atoms with Gasteiger partial charge in [-0.25, -0.2) is 4.98 Å². The molecule has 40 heavy (non-hydrogen) atoms. The molecule has 2 aromatic rings. The van der Waals surface area contributed by atoms with E-state index in [1.54, 1.807) is 38.4 Å². The molecule has 0 bridgehead atoms. The molecule has 10 nitrogen and oxygen atoms in total. The number of carbonyl (C=O) groups excluding carboxylic acids is 3. The minimum absolute atomic E-state index is 0.0199. The molecule has 3 aliphatic rings. The third-order valence-corrected chi connectivity index (χ3v) is 7.26. The summed E-state index contributed by atoms with van der Waals surface area (Å²) in [5.41, 5.74) is 3.28. The lowest BCUT2D eigenvalue weighted by Gasteiger charge is -2.17. The highest BCUT2D eigenvalue weighted by Crippen LogP contribution is 2.30. The fraction of sp³-hybridized carbons (Fsp3) is 0.310. The summed E-state index contributed by atoms with van der Waals surface area (Å²) in [5.74, 6) is 0.383. The topological polar surface area (TPSA) is 119 Å². The molecule has 0 saturated heterocycles. The average Bonchev–Trinajstić information content (AvgIpc) is 3.11. The predicted octanol–water partition coefficient (Wildman–Crippen LogP) is 3.90. The number of fused-ring (bicyclic) bond motifs is 3. The van der Waals surface area contributed by atoms with E-state index in [-0.39, 0.29) is 23.0 Å². The predicted molar refractivity (Wildman–Crippen MR) is 155 cm³/mol. The van der Waals surface area contributed by atoms with Crippen molar-refractivity contribution in [2.45, 2.75) is 44.3 Å². The Balaban J connectivity index is 0.000000681. The van der Waals surface area contributed by atoms with Gasteiger partial charge < -0.3 is 14.8 Å². The first kappa shape index (κ1) is 28.8. The number of carbonyl (C=O) groups is 3. The van der Waals surface area contributed by atoms with Crippen LogP contribution in [0.1, 0.15) is 42.2 Å². The van der Waals surface area contributed by atoms with Crippen LogP contribution in [-0.2, 0) is 22.6 Å². The van der Waals surface area contributed by atoms with Crippen molar-refractivity contribution >= 4 is 35.5 Å². The lowest BCUT2D eigenvalue weighted by Crippen LogP contribution is -2.20. The Morgan fingerprint density at radius 3 is 2.40 bits per heavy atom. The molecule has 0 aromatic heterocycles. The molecule has 0 aliphatic carbocycles. The summed E-state index contributed by atoms with van der Waals surface area (Å²) in [6, 6.07) is 16.2. The van der Waals surface area contributed by atoms with Gasteiger partial charge in [0.15, 0.2) is 16.8 Å². The Kier molecular flexibility index (Phi) is 9.49. The largest absolute Gasteiger partial charge is 0.351 e.